The first-order valence-corrected chi connectivity index (χ1v) is 6.70. The van der Waals surface area contributed by atoms with Gasteiger partial charge in [0.05, 0.1) is 0 Å². The fourth-order valence-corrected chi connectivity index (χ4v) is 2.08. The third-order valence-electron chi connectivity index (χ3n) is 3.27. The van der Waals surface area contributed by atoms with Crippen LogP contribution in [-0.2, 0) is 0 Å². The number of unbranched alkanes of at least 4 members (excludes halogenated alkanes) is 2. The van der Waals surface area contributed by atoms with Gasteiger partial charge in [-0.2, -0.15) is 0 Å². The lowest BCUT2D eigenvalue weighted by Gasteiger charge is -2.32. The average molecular weight is 213 g/mol. The lowest BCUT2D eigenvalue weighted by atomic mass is 9.96. The third-order valence-corrected chi connectivity index (χ3v) is 3.27. The minimum Gasteiger partial charge on any atom is -0.301 e. The van der Waals surface area contributed by atoms with E-state index in [0.29, 0.717) is 6.04 Å². The first kappa shape index (κ1) is 15.0. The van der Waals surface area contributed by atoms with Crippen molar-refractivity contribution in [2.24, 2.45) is 5.92 Å². The summed E-state index contributed by atoms with van der Waals surface area (Å²) < 4.78 is 0. The molecule has 0 aliphatic carbocycles. The highest BCUT2D eigenvalue weighted by atomic mass is 15.1. The van der Waals surface area contributed by atoms with Crippen molar-refractivity contribution in [2.75, 3.05) is 7.05 Å². The quantitative estimate of drug-likeness (QED) is 0.543. The van der Waals surface area contributed by atoms with Gasteiger partial charge in [-0.1, -0.05) is 40.0 Å². The smallest absolute Gasteiger partial charge is 0.00973 e. The summed E-state index contributed by atoms with van der Waals surface area (Å²) in [7, 11) is 2.28. The summed E-state index contributed by atoms with van der Waals surface area (Å²) in [6.07, 6.45) is 6.84. The molecule has 1 unspecified atom stereocenters. The van der Waals surface area contributed by atoms with E-state index >= 15 is 0 Å². The van der Waals surface area contributed by atoms with Crippen LogP contribution in [0.1, 0.15) is 66.7 Å². The molecule has 15 heavy (non-hydrogen) atoms. The molecular weight excluding hydrogens is 182 g/mol. The van der Waals surface area contributed by atoms with Crippen LogP contribution >= 0.6 is 0 Å². The molecule has 1 heteroatoms. The van der Waals surface area contributed by atoms with Gasteiger partial charge in [0, 0.05) is 12.1 Å². The Bertz CT molecular complexity index is 140. The van der Waals surface area contributed by atoms with Gasteiger partial charge in [-0.3, -0.25) is 0 Å². The molecule has 92 valence electrons. The van der Waals surface area contributed by atoms with Crippen molar-refractivity contribution < 1.29 is 0 Å². The standard InChI is InChI=1S/C14H31N/c1-7-8-9-10-14(11-12(2)3)15(6)13(4)5/h12-14H,7-11H2,1-6H3. The highest BCUT2D eigenvalue weighted by Crippen LogP contribution is 2.18. The van der Waals surface area contributed by atoms with Gasteiger partial charge in [-0.05, 0) is 39.7 Å². The maximum Gasteiger partial charge on any atom is 0.00973 e. The summed E-state index contributed by atoms with van der Waals surface area (Å²) in [5, 5.41) is 0. The van der Waals surface area contributed by atoms with Crippen molar-refractivity contribution in [3.8, 4) is 0 Å². The fraction of sp³-hybridized carbons (Fsp3) is 1.00. The molecule has 1 atom stereocenters. The minimum atomic E-state index is 0.676. The van der Waals surface area contributed by atoms with Gasteiger partial charge in [0.1, 0.15) is 0 Å². The van der Waals surface area contributed by atoms with Gasteiger partial charge >= 0.3 is 0 Å². The Kier molecular flexibility index (Phi) is 8.13. The fourth-order valence-electron chi connectivity index (χ4n) is 2.08. The predicted octanol–water partition coefficient (Wildman–Crippen LogP) is 4.32. The number of rotatable bonds is 8. The molecule has 0 aliphatic rings. The van der Waals surface area contributed by atoms with Gasteiger partial charge in [-0.25, -0.2) is 0 Å². The normalized spacial score (nSPS) is 14.2. The van der Waals surface area contributed by atoms with E-state index in [0.717, 1.165) is 12.0 Å². The molecule has 0 saturated heterocycles. The molecule has 1 nitrogen and oxygen atoms in total. The Morgan fingerprint density at radius 2 is 1.60 bits per heavy atom. The zero-order valence-electron chi connectivity index (χ0n) is 11.7. The van der Waals surface area contributed by atoms with Crippen LogP contribution in [0.4, 0.5) is 0 Å². The van der Waals surface area contributed by atoms with Gasteiger partial charge in [0.15, 0.2) is 0 Å². The van der Waals surface area contributed by atoms with Crippen LogP contribution in [0.25, 0.3) is 0 Å². The largest absolute Gasteiger partial charge is 0.301 e. The Hall–Kier alpha value is -0.0400. The summed E-state index contributed by atoms with van der Waals surface area (Å²) in [4.78, 5) is 2.55. The molecule has 0 spiro atoms. The lowest BCUT2D eigenvalue weighted by Crippen LogP contribution is -2.37. The second-order valence-electron chi connectivity index (χ2n) is 5.54. The summed E-state index contributed by atoms with van der Waals surface area (Å²) in [6, 6.07) is 1.46. The van der Waals surface area contributed by atoms with E-state index in [1.807, 2.05) is 0 Å². The molecule has 0 aliphatic heterocycles. The average Bonchev–Trinajstić information content (AvgIpc) is 2.14. The van der Waals surface area contributed by atoms with Gasteiger partial charge in [0.25, 0.3) is 0 Å². The van der Waals surface area contributed by atoms with E-state index in [1.165, 1.54) is 32.1 Å². The van der Waals surface area contributed by atoms with Crippen LogP contribution in [0.15, 0.2) is 0 Å². The molecule has 0 saturated carbocycles. The van der Waals surface area contributed by atoms with E-state index in [9.17, 15) is 0 Å². The number of hydrogen-bond acceptors (Lipinski definition) is 1. The minimum absolute atomic E-state index is 0.676. The third kappa shape index (κ3) is 6.94. The second-order valence-corrected chi connectivity index (χ2v) is 5.54. The lowest BCUT2D eigenvalue weighted by molar-refractivity contribution is 0.160. The highest BCUT2D eigenvalue weighted by molar-refractivity contribution is 4.73. The van der Waals surface area contributed by atoms with Crippen LogP contribution in [0, 0.1) is 5.92 Å². The van der Waals surface area contributed by atoms with Crippen molar-refractivity contribution in [3.05, 3.63) is 0 Å². The summed E-state index contributed by atoms with van der Waals surface area (Å²) >= 11 is 0. The number of nitrogens with zero attached hydrogens (tertiary/aromatic N) is 1. The highest BCUT2D eigenvalue weighted by Gasteiger charge is 2.17. The molecule has 0 heterocycles. The first-order valence-electron chi connectivity index (χ1n) is 6.70. The SMILES string of the molecule is CCCCCC(CC(C)C)N(C)C(C)C. The van der Waals surface area contributed by atoms with Crippen LogP contribution in [0.2, 0.25) is 0 Å². The molecule has 0 aromatic rings. The summed E-state index contributed by atoms with van der Waals surface area (Å²) in [5.41, 5.74) is 0. The van der Waals surface area contributed by atoms with Gasteiger partial charge < -0.3 is 4.90 Å². The molecule has 0 bridgehead atoms. The topological polar surface area (TPSA) is 3.24 Å². The van der Waals surface area contributed by atoms with Gasteiger partial charge in [0.2, 0.25) is 0 Å². The zero-order valence-corrected chi connectivity index (χ0v) is 11.7. The van der Waals surface area contributed by atoms with Crippen LogP contribution < -0.4 is 0 Å². The summed E-state index contributed by atoms with van der Waals surface area (Å²) in [5.74, 6) is 0.817. The first-order chi connectivity index (χ1) is 6.99. The Labute approximate surface area is 97.2 Å². The maximum absolute atomic E-state index is 2.55. The molecule has 0 aromatic carbocycles. The summed E-state index contributed by atoms with van der Waals surface area (Å²) in [6.45, 7) is 11.5. The van der Waals surface area contributed by atoms with Crippen LogP contribution in [0.3, 0.4) is 0 Å². The second kappa shape index (κ2) is 8.15. The van der Waals surface area contributed by atoms with Crippen molar-refractivity contribution in [2.45, 2.75) is 78.8 Å². The molecule has 0 fully saturated rings. The van der Waals surface area contributed by atoms with Crippen molar-refractivity contribution in [1.82, 2.24) is 4.90 Å². The van der Waals surface area contributed by atoms with Gasteiger partial charge in [-0.15, -0.1) is 0 Å². The van der Waals surface area contributed by atoms with Crippen LogP contribution in [-0.4, -0.2) is 24.0 Å². The Morgan fingerprint density at radius 1 is 1.00 bits per heavy atom. The molecule has 0 N–H and O–H groups in total. The van der Waals surface area contributed by atoms with E-state index < -0.39 is 0 Å². The zero-order chi connectivity index (χ0) is 11.8. The van der Waals surface area contributed by atoms with E-state index in [2.05, 4.69) is 46.6 Å². The van der Waals surface area contributed by atoms with Crippen molar-refractivity contribution in [3.63, 3.8) is 0 Å². The predicted molar refractivity (Wildman–Crippen MR) is 70.3 cm³/mol. The monoisotopic (exact) mass is 213 g/mol. The van der Waals surface area contributed by atoms with Crippen molar-refractivity contribution in [1.29, 1.82) is 0 Å². The molecule has 0 radical (unpaired) electrons. The van der Waals surface area contributed by atoms with E-state index in [-0.39, 0.29) is 0 Å². The number of hydrogen-bond donors (Lipinski definition) is 0. The molecular formula is C14H31N. The van der Waals surface area contributed by atoms with Crippen LogP contribution in [0.5, 0.6) is 0 Å². The van der Waals surface area contributed by atoms with Crippen molar-refractivity contribution >= 4 is 0 Å². The molecule has 0 aromatic heterocycles. The Balaban J connectivity index is 4.05. The molecule has 0 amide bonds. The maximum atomic E-state index is 2.55. The molecule has 0 rings (SSSR count). The Morgan fingerprint density at radius 3 is 2.00 bits per heavy atom. The van der Waals surface area contributed by atoms with E-state index in [4.69, 9.17) is 0 Å². The van der Waals surface area contributed by atoms with E-state index in [1.54, 1.807) is 0 Å².